The molecule has 0 aliphatic rings. The fourth-order valence-corrected chi connectivity index (χ4v) is 2.69. The first kappa shape index (κ1) is 15.2. The lowest BCUT2D eigenvalue weighted by atomic mass is 10.0. The predicted octanol–water partition coefficient (Wildman–Crippen LogP) is 5.08. The lowest BCUT2D eigenvalue weighted by Gasteiger charge is -2.11. The highest BCUT2D eigenvalue weighted by Crippen LogP contribution is 2.29. The summed E-state index contributed by atoms with van der Waals surface area (Å²) in [5.41, 5.74) is 3.59. The van der Waals surface area contributed by atoms with Crippen LogP contribution in [0.25, 0.3) is 22.9 Å². The Kier molecular flexibility index (Phi) is 4.33. The Morgan fingerprint density at radius 2 is 1.48 bits per heavy atom. The summed E-state index contributed by atoms with van der Waals surface area (Å²) in [7, 11) is 5.81. The van der Waals surface area contributed by atoms with Crippen LogP contribution in [0.5, 0.6) is 5.75 Å². The zero-order valence-electron chi connectivity index (χ0n) is 13.8. The topological polar surface area (TPSA) is 12.5 Å². The molecule has 3 aromatic rings. The molecule has 23 heavy (non-hydrogen) atoms. The summed E-state index contributed by atoms with van der Waals surface area (Å²) in [6.07, 6.45) is 4.31. The van der Waals surface area contributed by atoms with Crippen LogP contribution in [0.4, 0.5) is 5.69 Å². The summed E-state index contributed by atoms with van der Waals surface area (Å²) in [5, 5.41) is 2.34. The van der Waals surface area contributed by atoms with Gasteiger partial charge in [-0.3, -0.25) is 0 Å². The molecule has 0 saturated carbocycles. The summed E-state index contributed by atoms with van der Waals surface area (Å²) in [4.78, 5) is 2.10. The monoisotopic (exact) mass is 303 g/mol. The first-order valence-corrected chi connectivity index (χ1v) is 7.70. The number of nitrogens with zero attached hydrogens (tertiary/aromatic N) is 1. The quantitative estimate of drug-likeness (QED) is 0.623. The van der Waals surface area contributed by atoms with Crippen LogP contribution < -0.4 is 9.64 Å². The van der Waals surface area contributed by atoms with Crippen LogP contribution >= 0.6 is 0 Å². The number of anilines is 1. The molecule has 0 unspecified atom stereocenters. The van der Waals surface area contributed by atoms with E-state index in [2.05, 4.69) is 65.6 Å². The molecule has 0 saturated heterocycles. The third-order valence-corrected chi connectivity index (χ3v) is 4.00. The van der Waals surface area contributed by atoms with Gasteiger partial charge in [0.2, 0.25) is 0 Å². The molecule has 0 spiro atoms. The molecular weight excluding hydrogens is 282 g/mol. The fraction of sp³-hybridized carbons (Fsp3) is 0.143. The van der Waals surface area contributed by atoms with Crippen molar-refractivity contribution in [2.75, 3.05) is 26.1 Å². The van der Waals surface area contributed by atoms with Crippen LogP contribution in [0.1, 0.15) is 11.1 Å². The summed E-state index contributed by atoms with van der Waals surface area (Å²) in [6.45, 7) is 0. The smallest absolute Gasteiger partial charge is 0.126 e. The zero-order valence-corrected chi connectivity index (χ0v) is 13.8. The predicted molar refractivity (Wildman–Crippen MR) is 100 cm³/mol. The lowest BCUT2D eigenvalue weighted by molar-refractivity contribution is 0.420. The molecule has 0 N–H and O–H groups in total. The highest BCUT2D eigenvalue weighted by atomic mass is 16.5. The van der Waals surface area contributed by atoms with E-state index in [1.807, 2.05) is 26.2 Å². The Hall–Kier alpha value is -2.74. The molecule has 2 heteroatoms. The largest absolute Gasteiger partial charge is 0.496 e. The second kappa shape index (κ2) is 6.57. The van der Waals surface area contributed by atoms with Gasteiger partial charge < -0.3 is 9.64 Å². The van der Waals surface area contributed by atoms with Crippen molar-refractivity contribution in [3.63, 3.8) is 0 Å². The molecule has 0 bridgehead atoms. The van der Waals surface area contributed by atoms with Crippen LogP contribution in [0.2, 0.25) is 0 Å². The maximum Gasteiger partial charge on any atom is 0.126 e. The Morgan fingerprint density at radius 1 is 0.783 bits per heavy atom. The normalized spacial score (nSPS) is 11.1. The molecule has 0 heterocycles. The van der Waals surface area contributed by atoms with Gasteiger partial charge in [0.25, 0.3) is 0 Å². The van der Waals surface area contributed by atoms with Gasteiger partial charge in [0.15, 0.2) is 0 Å². The fourth-order valence-electron chi connectivity index (χ4n) is 2.69. The number of hydrogen-bond acceptors (Lipinski definition) is 2. The van der Waals surface area contributed by atoms with Gasteiger partial charge in [-0.2, -0.15) is 0 Å². The molecule has 0 aliphatic heterocycles. The maximum absolute atomic E-state index is 5.45. The van der Waals surface area contributed by atoms with Gasteiger partial charge in [0.05, 0.1) is 7.11 Å². The molecule has 0 aliphatic carbocycles. The average molecular weight is 303 g/mol. The van der Waals surface area contributed by atoms with Crippen molar-refractivity contribution in [3.8, 4) is 5.75 Å². The van der Waals surface area contributed by atoms with Crippen molar-refractivity contribution in [1.82, 2.24) is 0 Å². The van der Waals surface area contributed by atoms with Crippen LogP contribution in [-0.4, -0.2) is 21.2 Å². The van der Waals surface area contributed by atoms with Crippen molar-refractivity contribution in [2.45, 2.75) is 0 Å². The molecule has 0 amide bonds. The first-order valence-electron chi connectivity index (χ1n) is 7.70. The lowest BCUT2D eigenvalue weighted by Crippen LogP contribution is -2.07. The number of ether oxygens (including phenoxy) is 1. The minimum Gasteiger partial charge on any atom is -0.496 e. The van der Waals surface area contributed by atoms with E-state index in [1.54, 1.807) is 7.11 Å². The molecule has 3 rings (SSSR count). The van der Waals surface area contributed by atoms with E-state index in [0.717, 1.165) is 11.1 Å². The van der Waals surface area contributed by atoms with Crippen LogP contribution in [-0.2, 0) is 0 Å². The van der Waals surface area contributed by atoms with Crippen LogP contribution in [0, 0.1) is 0 Å². The van der Waals surface area contributed by atoms with Gasteiger partial charge in [-0.1, -0.05) is 54.6 Å². The number of rotatable bonds is 4. The highest BCUT2D eigenvalue weighted by molar-refractivity contribution is 5.96. The Morgan fingerprint density at radius 3 is 2.13 bits per heavy atom. The zero-order chi connectivity index (χ0) is 16.2. The summed E-state index contributed by atoms with van der Waals surface area (Å²) in [5.74, 6) is 0.910. The van der Waals surface area contributed by atoms with Gasteiger partial charge in [-0.05, 0) is 34.7 Å². The van der Waals surface area contributed by atoms with Gasteiger partial charge in [-0.15, -0.1) is 0 Å². The van der Waals surface area contributed by atoms with E-state index < -0.39 is 0 Å². The molecule has 116 valence electrons. The molecule has 0 atom stereocenters. The van der Waals surface area contributed by atoms with E-state index in [0.29, 0.717) is 0 Å². The van der Waals surface area contributed by atoms with Gasteiger partial charge >= 0.3 is 0 Å². The minimum absolute atomic E-state index is 0.910. The van der Waals surface area contributed by atoms with E-state index in [4.69, 9.17) is 4.74 Å². The van der Waals surface area contributed by atoms with Gasteiger partial charge in [0, 0.05) is 25.2 Å². The molecule has 0 aromatic heterocycles. The number of benzene rings is 3. The molecule has 0 fully saturated rings. The standard InChI is InChI=1S/C21H21NO/c1-22(2)18-13-9-16(10-14-18)8-11-17-12-15-21(23-3)20-7-5-4-6-19(17)20/h4-15H,1-3H3/b11-8+. The van der Waals surface area contributed by atoms with Crippen LogP contribution in [0.3, 0.4) is 0 Å². The third kappa shape index (κ3) is 3.21. The minimum atomic E-state index is 0.910. The van der Waals surface area contributed by atoms with Crippen molar-refractivity contribution in [3.05, 3.63) is 71.8 Å². The molecule has 0 radical (unpaired) electrons. The summed E-state index contributed by atoms with van der Waals surface area (Å²) < 4.78 is 5.45. The molecule has 3 aromatic carbocycles. The average Bonchev–Trinajstić information content (AvgIpc) is 2.60. The van der Waals surface area contributed by atoms with E-state index in [-0.39, 0.29) is 0 Å². The van der Waals surface area contributed by atoms with Crippen molar-refractivity contribution in [1.29, 1.82) is 0 Å². The Labute approximate surface area is 137 Å². The second-order valence-corrected chi connectivity index (χ2v) is 5.72. The summed E-state index contributed by atoms with van der Waals surface area (Å²) >= 11 is 0. The SMILES string of the molecule is COc1ccc(/C=C/c2ccc(N(C)C)cc2)c2ccccc12. The van der Waals surface area contributed by atoms with E-state index in [9.17, 15) is 0 Å². The second-order valence-electron chi connectivity index (χ2n) is 5.72. The molecule has 2 nitrogen and oxygen atoms in total. The number of methoxy groups -OCH3 is 1. The Balaban J connectivity index is 1.95. The molecular formula is C21H21NO. The van der Waals surface area contributed by atoms with Crippen molar-refractivity contribution >= 4 is 28.6 Å². The van der Waals surface area contributed by atoms with Crippen molar-refractivity contribution < 1.29 is 4.74 Å². The summed E-state index contributed by atoms with van der Waals surface area (Å²) in [6, 6.07) is 21.0. The Bertz CT molecular complexity index is 832. The van der Waals surface area contributed by atoms with Gasteiger partial charge in [-0.25, -0.2) is 0 Å². The third-order valence-electron chi connectivity index (χ3n) is 4.00. The number of hydrogen-bond donors (Lipinski definition) is 0. The van der Waals surface area contributed by atoms with Crippen molar-refractivity contribution in [2.24, 2.45) is 0 Å². The first-order chi connectivity index (χ1) is 11.2. The number of fused-ring (bicyclic) bond motifs is 1. The maximum atomic E-state index is 5.45. The van der Waals surface area contributed by atoms with Crippen LogP contribution in [0.15, 0.2) is 60.7 Å². The van der Waals surface area contributed by atoms with Gasteiger partial charge in [0.1, 0.15) is 5.75 Å². The van der Waals surface area contributed by atoms with E-state index in [1.165, 1.54) is 22.2 Å². The van der Waals surface area contributed by atoms with E-state index >= 15 is 0 Å². The highest BCUT2D eigenvalue weighted by Gasteiger charge is 2.03.